The van der Waals surface area contributed by atoms with E-state index >= 15 is 0 Å². The van der Waals surface area contributed by atoms with Crippen molar-refractivity contribution in [1.29, 1.82) is 0 Å². The lowest BCUT2D eigenvalue weighted by Crippen LogP contribution is -2.18. The molecule has 0 unspecified atom stereocenters. The minimum absolute atomic E-state index is 0. The number of rotatable bonds is 9. The van der Waals surface area contributed by atoms with E-state index < -0.39 is 0 Å². The highest BCUT2D eigenvalue weighted by Gasteiger charge is 2.08. The molecule has 0 saturated heterocycles. The monoisotopic (exact) mass is 423 g/mol. The van der Waals surface area contributed by atoms with Crippen LogP contribution in [0, 0.1) is 0 Å². The Balaban J connectivity index is 0. The lowest BCUT2D eigenvalue weighted by Gasteiger charge is -2.08. The van der Waals surface area contributed by atoms with Gasteiger partial charge in [-0.25, -0.2) is 15.0 Å². The van der Waals surface area contributed by atoms with Gasteiger partial charge in [0.1, 0.15) is 5.52 Å². The van der Waals surface area contributed by atoms with Crippen molar-refractivity contribution in [3.63, 3.8) is 0 Å². The Labute approximate surface area is 189 Å². The number of hydrogen-bond donors (Lipinski definition) is 1. The van der Waals surface area contributed by atoms with Crippen LogP contribution in [0.3, 0.4) is 0 Å². The summed E-state index contributed by atoms with van der Waals surface area (Å²) >= 11 is 0. The molecule has 0 fully saturated rings. The summed E-state index contributed by atoms with van der Waals surface area (Å²) in [5.74, 6) is 0.639. The number of aromatic nitrogens is 4. The van der Waals surface area contributed by atoms with E-state index in [9.17, 15) is 0 Å². The van der Waals surface area contributed by atoms with Gasteiger partial charge in [0, 0.05) is 24.4 Å². The third-order valence-electron chi connectivity index (χ3n) is 3.67. The Morgan fingerprint density at radius 1 is 1.00 bits per heavy atom. The normalized spacial score (nSPS) is 11.3. The van der Waals surface area contributed by atoms with Crippen molar-refractivity contribution in [3.05, 3.63) is 85.8 Å². The molecule has 0 atom stereocenters. The summed E-state index contributed by atoms with van der Waals surface area (Å²) in [6.07, 6.45) is 18.9. The molecule has 2 aromatic heterocycles. The van der Waals surface area contributed by atoms with Crippen LogP contribution in [0.1, 0.15) is 54.8 Å². The van der Waals surface area contributed by atoms with Gasteiger partial charge in [-0.15, -0.1) is 0 Å². The summed E-state index contributed by atoms with van der Waals surface area (Å²) in [7, 11) is 0. The Bertz CT molecular complexity index is 882. The molecule has 31 heavy (non-hydrogen) atoms. The van der Waals surface area contributed by atoms with E-state index in [4.69, 9.17) is 0 Å². The zero-order chi connectivity index (χ0) is 22.8. The fraction of sp³-hybridized carbons (Fsp3) is 0.346. The standard InChI is InChI=1S/C21H25N5.2C2H6.CH4/c1-5-9-11-17(7-3)20-23-15-19-21(25-20)26(16-24-19)14-13-22-18(8-4)12-10-6-2;2*1-2;/h5-12,15-16,22H,3-4,13-14H2,1-2H3;2*1-2H3;1H4/b9-5-,10-6-,17-11+,18-12+;;;. The quantitative estimate of drug-likeness (QED) is 0.446. The third-order valence-corrected chi connectivity index (χ3v) is 3.67. The van der Waals surface area contributed by atoms with Crippen molar-refractivity contribution >= 4 is 16.7 Å². The fourth-order valence-corrected chi connectivity index (χ4v) is 2.31. The first kappa shape index (κ1) is 30.0. The summed E-state index contributed by atoms with van der Waals surface area (Å²) in [4.78, 5) is 13.4. The van der Waals surface area contributed by atoms with Gasteiger partial charge in [0.15, 0.2) is 11.5 Å². The first-order valence-corrected chi connectivity index (χ1v) is 10.6. The van der Waals surface area contributed by atoms with Gasteiger partial charge < -0.3 is 9.88 Å². The molecule has 0 saturated carbocycles. The predicted molar refractivity (Wildman–Crippen MR) is 139 cm³/mol. The van der Waals surface area contributed by atoms with Crippen LogP contribution in [0.15, 0.2) is 80.0 Å². The van der Waals surface area contributed by atoms with Crippen LogP contribution in [-0.4, -0.2) is 26.1 Å². The van der Waals surface area contributed by atoms with Gasteiger partial charge in [-0.3, -0.25) is 0 Å². The van der Waals surface area contributed by atoms with Crippen molar-refractivity contribution in [2.45, 2.75) is 55.5 Å². The Hall–Kier alpha value is -3.21. The van der Waals surface area contributed by atoms with E-state index in [0.717, 1.165) is 35.5 Å². The van der Waals surface area contributed by atoms with E-state index in [1.165, 1.54) is 0 Å². The van der Waals surface area contributed by atoms with Crippen molar-refractivity contribution in [2.75, 3.05) is 6.54 Å². The summed E-state index contributed by atoms with van der Waals surface area (Å²) in [6, 6.07) is 0. The minimum Gasteiger partial charge on any atom is -0.383 e. The van der Waals surface area contributed by atoms with Crippen molar-refractivity contribution in [2.24, 2.45) is 0 Å². The maximum Gasteiger partial charge on any atom is 0.163 e. The summed E-state index contributed by atoms with van der Waals surface area (Å²) in [5, 5.41) is 3.35. The third kappa shape index (κ3) is 9.90. The Kier molecular flexibility index (Phi) is 18.2. The van der Waals surface area contributed by atoms with Crippen LogP contribution in [0.5, 0.6) is 0 Å². The van der Waals surface area contributed by atoms with Crippen LogP contribution >= 0.6 is 0 Å². The molecule has 0 aromatic carbocycles. The predicted octanol–water partition coefficient (Wildman–Crippen LogP) is 6.90. The second-order valence-corrected chi connectivity index (χ2v) is 5.47. The number of hydrogen-bond acceptors (Lipinski definition) is 4. The molecule has 0 radical (unpaired) electrons. The van der Waals surface area contributed by atoms with Gasteiger partial charge in [-0.2, -0.15) is 0 Å². The average Bonchev–Trinajstić information content (AvgIpc) is 3.21. The molecule has 0 amide bonds. The minimum atomic E-state index is 0. The number of allylic oxidation sites excluding steroid dienone is 9. The molecule has 2 aromatic rings. The zero-order valence-electron chi connectivity index (χ0n) is 19.4. The molecule has 0 spiro atoms. The van der Waals surface area contributed by atoms with E-state index in [1.807, 2.05) is 82.6 Å². The highest BCUT2D eigenvalue weighted by Crippen LogP contribution is 2.15. The molecule has 2 rings (SSSR count). The molecule has 1 N–H and O–H groups in total. The molecule has 5 nitrogen and oxygen atoms in total. The van der Waals surface area contributed by atoms with E-state index in [-0.39, 0.29) is 7.43 Å². The molecule has 0 aliphatic rings. The van der Waals surface area contributed by atoms with Crippen molar-refractivity contribution in [1.82, 2.24) is 24.8 Å². The summed E-state index contributed by atoms with van der Waals surface area (Å²) in [5.41, 5.74) is 3.43. The first-order valence-electron chi connectivity index (χ1n) is 10.6. The van der Waals surface area contributed by atoms with Crippen LogP contribution in [0.25, 0.3) is 16.7 Å². The number of nitrogens with zero attached hydrogens (tertiary/aromatic N) is 4. The molecular weight excluding hydrogens is 382 g/mol. The highest BCUT2D eigenvalue weighted by molar-refractivity contribution is 5.76. The zero-order valence-corrected chi connectivity index (χ0v) is 19.4. The van der Waals surface area contributed by atoms with E-state index in [1.54, 1.807) is 24.7 Å². The molecule has 5 heteroatoms. The molecule has 2 heterocycles. The van der Waals surface area contributed by atoms with Crippen LogP contribution < -0.4 is 5.32 Å². The largest absolute Gasteiger partial charge is 0.383 e. The number of imidazole rings is 1. The second-order valence-electron chi connectivity index (χ2n) is 5.47. The smallest absolute Gasteiger partial charge is 0.163 e. The average molecular weight is 424 g/mol. The van der Waals surface area contributed by atoms with E-state index in [0.29, 0.717) is 5.82 Å². The van der Waals surface area contributed by atoms with Gasteiger partial charge in [-0.1, -0.05) is 84.7 Å². The summed E-state index contributed by atoms with van der Waals surface area (Å²) < 4.78 is 2.01. The van der Waals surface area contributed by atoms with Gasteiger partial charge in [-0.05, 0) is 26.0 Å². The molecule has 0 bridgehead atoms. The van der Waals surface area contributed by atoms with Gasteiger partial charge >= 0.3 is 0 Å². The fourth-order valence-electron chi connectivity index (χ4n) is 2.31. The maximum absolute atomic E-state index is 4.67. The van der Waals surface area contributed by atoms with Gasteiger partial charge in [0.2, 0.25) is 0 Å². The Morgan fingerprint density at radius 2 is 1.65 bits per heavy atom. The molecular formula is C26H41N5. The summed E-state index contributed by atoms with van der Waals surface area (Å²) in [6.45, 7) is 21.1. The Morgan fingerprint density at radius 3 is 2.23 bits per heavy atom. The molecule has 0 aliphatic heterocycles. The lowest BCUT2D eigenvalue weighted by molar-refractivity contribution is 0.661. The topological polar surface area (TPSA) is 55.6 Å². The van der Waals surface area contributed by atoms with Crippen LogP contribution in [-0.2, 0) is 6.54 Å². The van der Waals surface area contributed by atoms with Gasteiger partial charge in [0.25, 0.3) is 0 Å². The molecule has 170 valence electrons. The lowest BCUT2D eigenvalue weighted by atomic mass is 10.2. The maximum atomic E-state index is 4.67. The van der Waals surface area contributed by atoms with Crippen LogP contribution in [0.4, 0.5) is 0 Å². The van der Waals surface area contributed by atoms with Crippen molar-refractivity contribution < 1.29 is 0 Å². The number of nitrogens with one attached hydrogen (secondary N) is 1. The van der Waals surface area contributed by atoms with Gasteiger partial charge in [0.05, 0.1) is 12.5 Å². The first-order chi connectivity index (χ1) is 14.7. The SMILES string of the molecule is C.C=C/C(=C\C=C/C)NCCn1cnc2cnc(/C(C=C)=C/C=C\C)nc21.CC.CC. The van der Waals surface area contributed by atoms with E-state index in [2.05, 4.69) is 33.4 Å². The number of fused-ring (bicyclic) bond motifs is 1. The highest BCUT2D eigenvalue weighted by atomic mass is 15.1. The second kappa shape index (κ2) is 18.8. The van der Waals surface area contributed by atoms with Crippen LogP contribution in [0.2, 0.25) is 0 Å². The van der Waals surface area contributed by atoms with Crippen molar-refractivity contribution in [3.8, 4) is 0 Å². The molecule has 0 aliphatic carbocycles.